The van der Waals surface area contributed by atoms with Crippen LogP contribution in [0.1, 0.15) is 19.4 Å². The topological polar surface area (TPSA) is 76.1 Å². The molecule has 0 atom stereocenters. The molecule has 1 heterocycles. The van der Waals surface area contributed by atoms with Crippen LogP contribution in [0, 0.1) is 0 Å². The van der Waals surface area contributed by atoms with Gasteiger partial charge in [-0.15, -0.1) is 0 Å². The number of ether oxygens (including phenoxy) is 2. The zero-order chi connectivity index (χ0) is 17.9. The van der Waals surface area contributed by atoms with Gasteiger partial charge in [0.15, 0.2) is 11.5 Å². The zero-order valence-corrected chi connectivity index (χ0v) is 15.1. The molecule has 1 saturated heterocycles. The lowest BCUT2D eigenvalue weighted by molar-refractivity contribution is -0.140. The van der Waals surface area contributed by atoms with Crippen molar-refractivity contribution in [3.8, 4) is 11.5 Å². The first kappa shape index (κ1) is 18.3. The van der Waals surface area contributed by atoms with E-state index in [4.69, 9.17) is 26.8 Å². The maximum Gasteiger partial charge on any atom is 0.323 e. The van der Waals surface area contributed by atoms with Crippen molar-refractivity contribution in [2.24, 2.45) is 0 Å². The summed E-state index contributed by atoms with van der Waals surface area (Å²) in [6.07, 6.45) is 1.67. The fraction of sp³-hybridized carbons (Fsp3) is 0.312. The monoisotopic (exact) mass is 367 g/mol. The summed E-state index contributed by atoms with van der Waals surface area (Å²) in [4.78, 5) is 24.5. The van der Waals surface area contributed by atoms with Crippen molar-refractivity contribution in [2.75, 3.05) is 13.7 Å². The molecule has 0 saturated carbocycles. The second kappa shape index (κ2) is 7.67. The number of rotatable bonds is 6. The maximum atomic E-state index is 12.3. The van der Waals surface area contributed by atoms with Gasteiger partial charge in [0, 0.05) is 0 Å². The normalized spacial score (nSPS) is 16.2. The van der Waals surface area contributed by atoms with Crippen molar-refractivity contribution < 1.29 is 24.2 Å². The van der Waals surface area contributed by atoms with Crippen LogP contribution in [0.3, 0.4) is 0 Å². The Morgan fingerprint density at radius 2 is 2.12 bits per heavy atom. The average Bonchev–Trinajstić information content (AvgIpc) is 2.75. The van der Waals surface area contributed by atoms with E-state index in [2.05, 4.69) is 0 Å². The standard InChI is InChI=1S/C16H17NO5S2/c1-9(2)22-11-5-4-10(6-12(11)21-3)7-13-15(20)17(8-14(18)19)16(23)24-13/h4-7,9H,8H2,1-3H3,(H,18,19)/b13-7-. The van der Waals surface area contributed by atoms with Crippen molar-refractivity contribution in [3.63, 3.8) is 0 Å². The van der Waals surface area contributed by atoms with Crippen LogP contribution < -0.4 is 9.47 Å². The molecule has 8 heteroatoms. The molecule has 1 aliphatic heterocycles. The first-order valence-corrected chi connectivity index (χ1v) is 8.36. The lowest BCUT2D eigenvalue weighted by Gasteiger charge is -2.14. The second-order valence-corrected chi connectivity index (χ2v) is 6.91. The van der Waals surface area contributed by atoms with E-state index in [9.17, 15) is 9.59 Å². The molecule has 1 aromatic carbocycles. The van der Waals surface area contributed by atoms with E-state index in [0.29, 0.717) is 16.4 Å². The van der Waals surface area contributed by atoms with Gasteiger partial charge in [0.2, 0.25) is 0 Å². The molecule has 1 aliphatic rings. The Morgan fingerprint density at radius 1 is 1.42 bits per heavy atom. The van der Waals surface area contributed by atoms with Crippen LogP contribution in [0.2, 0.25) is 0 Å². The highest BCUT2D eigenvalue weighted by atomic mass is 32.2. The first-order chi connectivity index (χ1) is 11.3. The number of thiocarbonyl (C=S) groups is 1. The Kier molecular flexibility index (Phi) is 5.84. The number of carboxylic acids is 1. The minimum Gasteiger partial charge on any atom is -0.493 e. The number of thioether (sulfide) groups is 1. The van der Waals surface area contributed by atoms with E-state index in [1.165, 1.54) is 0 Å². The average molecular weight is 367 g/mol. The van der Waals surface area contributed by atoms with Crippen molar-refractivity contribution in [3.05, 3.63) is 28.7 Å². The molecule has 2 rings (SSSR count). The fourth-order valence-electron chi connectivity index (χ4n) is 2.05. The second-order valence-electron chi connectivity index (χ2n) is 5.24. The number of nitrogens with zero attached hydrogens (tertiary/aromatic N) is 1. The van der Waals surface area contributed by atoms with Gasteiger partial charge < -0.3 is 14.6 Å². The summed E-state index contributed by atoms with van der Waals surface area (Å²) < 4.78 is 11.2. The number of carboxylic acid groups (broad SMARTS) is 1. The Labute approximate surface area is 149 Å². The molecule has 0 aliphatic carbocycles. The highest BCUT2D eigenvalue weighted by Crippen LogP contribution is 2.34. The molecule has 0 spiro atoms. The van der Waals surface area contributed by atoms with Crippen LogP contribution in [-0.2, 0) is 9.59 Å². The molecule has 0 radical (unpaired) electrons. The SMILES string of the molecule is COc1cc(/C=C2\SC(=S)N(CC(=O)O)C2=O)ccc1OC(C)C. The molecular formula is C16H17NO5S2. The minimum absolute atomic E-state index is 0.0111. The molecule has 0 unspecified atom stereocenters. The molecule has 0 aromatic heterocycles. The number of hydrogen-bond donors (Lipinski definition) is 1. The summed E-state index contributed by atoms with van der Waals surface area (Å²) in [6, 6.07) is 5.31. The summed E-state index contributed by atoms with van der Waals surface area (Å²) in [7, 11) is 1.54. The third-order valence-electron chi connectivity index (χ3n) is 3.02. The highest BCUT2D eigenvalue weighted by molar-refractivity contribution is 8.26. The van der Waals surface area contributed by atoms with Gasteiger partial charge >= 0.3 is 5.97 Å². The van der Waals surface area contributed by atoms with Gasteiger partial charge in [0.05, 0.1) is 18.1 Å². The number of methoxy groups -OCH3 is 1. The lowest BCUT2D eigenvalue weighted by Crippen LogP contribution is -2.33. The molecule has 1 aromatic rings. The minimum atomic E-state index is -1.11. The number of aliphatic carboxylic acids is 1. The van der Waals surface area contributed by atoms with E-state index in [0.717, 1.165) is 22.2 Å². The van der Waals surface area contributed by atoms with E-state index >= 15 is 0 Å². The van der Waals surface area contributed by atoms with Crippen LogP contribution in [0.15, 0.2) is 23.1 Å². The molecule has 128 valence electrons. The van der Waals surface area contributed by atoms with Crippen LogP contribution >= 0.6 is 24.0 Å². The largest absolute Gasteiger partial charge is 0.493 e. The van der Waals surface area contributed by atoms with Gasteiger partial charge in [0.1, 0.15) is 10.9 Å². The quantitative estimate of drug-likeness (QED) is 0.612. The van der Waals surface area contributed by atoms with Crippen molar-refractivity contribution in [1.29, 1.82) is 0 Å². The maximum absolute atomic E-state index is 12.3. The summed E-state index contributed by atoms with van der Waals surface area (Å²) >= 11 is 6.15. The Bertz CT molecular complexity index is 714. The van der Waals surface area contributed by atoms with Crippen molar-refractivity contribution >= 4 is 46.3 Å². The lowest BCUT2D eigenvalue weighted by atomic mass is 10.2. The van der Waals surface area contributed by atoms with E-state index in [-0.39, 0.29) is 10.4 Å². The van der Waals surface area contributed by atoms with Gasteiger partial charge in [-0.2, -0.15) is 0 Å². The highest BCUT2D eigenvalue weighted by Gasteiger charge is 2.33. The summed E-state index contributed by atoms with van der Waals surface area (Å²) in [5.74, 6) is -0.347. The van der Waals surface area contributed by atoms with Gasteiger partial charge in [-0.3, -0.25) is 14.5 Å². The third-order valence-corrected chi connectivity index (χ3v) is 4.39. The molecular weight excluding hydrogens is 350 g/mol. The third kappa shape index (κ3) is 4.27. The fourth-order valence-corrected chi connectivity index (χ4v) is 3.30. The number of carbonyl (C=O) groups excluding carboxylic acids is 1. The van der Waals surface area contributed by atoms with Gasteiger partial charge in [-0.25, -0.2) is 0 Å². The predicted molar refractivity (Wildman–Crippen MR) is 96.3 cm³/mol. The molecule has 1 amide bonds. The van der Waals surface area contributed by atoms with E-state index in [1.54, 1.807) is 31.4 Å². The van der Waals surface area contributed by atoms with E-state index in [1.807, 2.05) is 13.8 Å². The van der Waals surface area contributed by atoms with Crippen LogP contribution in [0.5, 0.6) is 11.5 Å². The zero-order valence-electron chi connectivity index (χ0n) is 13.4. The molecule has 1 N–H and O–H groups in total. The van der Waals surface area contributed by atoms with E-state index < -0.39 is 18.4 Å². The number of hydrogen-bond acceptors (Lipinski definition) is 6. The van der Waals surface area contributed by atoms with Crippen LogP contribution in [0.25, 0.3) is 6.08 Å². The predicted octanol–water partition coefficient (Wildman–Crippen LogP) is 2.77. The Morgan fingerprint density at radius 3 is 2.71 bits per heavy atom. The summed E-state index contributed by atoms with van der Waals surface area (Å²) in [5, 5.41) is 8.84. The number of benzene rings is 1. The molecule has 6 nitrogen and oxygen atoms in total. The van der Waals surface area contributed by atoms with Gasteiger partial charge in [0.25, 0.3) is 5.91 Å². The van der Waals surface area contributed by atoms with Crippen LogP contribution in [0.4, 0.5) is 0 Å². The molecule has 24 heavy (non-hydrogen) atoms. The van der Waals surface area contributed by atoms with Gasteiger partial charge in [-0.1, -0.05) is 30.0 Å². The van der Waals surface area contributed by atoms with Crippen LogP contribution in [-0.4, -0.2) is 46.0 Å². The van der Waals surface area contributed by atoms with Gasteiger partial charge in [-0.05, 0) is 37.6 Å². The summed E-state index contributed by atoms with van der Waals surface area (Å²) in [5.41, 5.74) is 0.735. The molecule has 0 bridgehead atoms. The number of amides is 1. The summed E-state index contributed by atoms with van der Waals surface area (Å²) in [6.45, 7) is 3.40. The Hall–Kier alpha value is -2.06. The number of carbonyl (C=O) groups is 2. The Balaban J connectivity index is 2.26. The first-order valence-electron chi connectivity index (χ1n) is 7.13. The van der Waals surface area contributed by atoms with Crippen molar-refractivity contribution in [2.45, 2.75) is 20.0 Å². The smallest absolute Gasteiger partial charge is 0.323 e. The molecule has 1 fully saturated rings. The van der Waals surface area contributed by atoms with Crippen molar-refractivity contribution in [1.82, 2.24) is 4.90 Å².